The summed E-state index contributed by atoms with van der Waals surface area (Å²) in [5.41, 5.74) is 2.44. The van der Waals surface area contributed by atoms with Crippen LogP contribution in [0, 0.1) is 6.92 Å². The van der Waals surface area contributed by atoms with Gasteiger partial charge in [-0.05, 0) is 50.6 Å². The number of ether oxygens (including phenoxy) is 3. The number of rotatable bonds is 9. The van der Waals surface area contributed by atoms with Gasteiger partial charge < -0.3 is 19.5 Å². The zero-order valence-corrected chi connectivity index (χ0v) is 17.8. The lowest BCUT2D eigenvalue weighted by molar-refractivity contribution is -0.146. The minimum absolute atomic E-state index is 0.00484. The monoisotopic (exact) mass is 449 g/mol. The average molecular weight is 450 g/mol. The summed E-state index contributed by atoms with van der Waals surface area (Å²) in [5.74, 6) is 0.266. The second-order valence-electron chi connectivity index (χ2n) is 6.01. The zero-order chi connectivity index (χ0) is 20.5. The minimum Gasteiger partial charge on any atom is -0.490 e. The first-order valence-corrected chi connectivity index (χ1v) is 9.82. The number of hydrogen-bond acceptors (Lipinski definition) is 5. The fourth-order valence-corrected chi connectivity index (χ4v) is 2.90. The van der Waals surface area contributed by atoms with Crippen LogP contribution in [0.5, 0.6) is 11.5 Å². The van der Waals surface area contributed by atoms with E-state index in [4.69, 9.17) is 14.2 Å². The van der Waals surface area contributed by atoms with Gasteiger partial charge in [-0.3, -0.25) is 9.59 Å². The maximum Gasteiger partial charge on any atom is 0.310 e. The SMILES string of the molecule is CCOc1cc(Br)c(CC(=O)OCC(=O)Nc2ccc(C)cc2)cc1OCC. The van der Waals surface area contributed by atoms with Crippen LogP contribution < -0.4 is 14.8 Å². The van der Waals surface area contributed by atoms with Crippen LogP contribution in [0.3, 0.4) is 0 Å². The van der Waals surface area contributed by atoms with Crippen molar-refractivity contribution in [1.29, 1.82) is 0 Å². The molecule has 0 spiro atoms. The van der Waals surface area contributed by atoms with E-state index in [9.17, 15) is 9.59 Å². The second kappa shape index (κ2) is 10.7. The summed E-state index contributed by atoms with van der Waals surface area (Å²) in [6, 6.07) is 10.9. The van der Waals surface area contributed by atoms with Crippen LogP contribution >= 0.6 is 15.9 Å². The van der Waals surface area contributed by atoms with Crippen LogP contribution in [-0.4, -0.2) is 31.7 Å². The Balaban J connectivity index is 1.93. The first kappa shape index (κ1) is 21.8. The molecule has 0 heterocycles. The third-order valence-electron chi connectivity index (χ3n) is 3.75. The minimum atomic E-state index is -0.508. The van der Waals surface area contributed by atoms with Gasteiger partial charge in [0.2, 0.25) is 0 Å². The number of amides is 1. The number of halogens is 1. The molecule has 0 unspecified atom stereocenters. The fourth-order valence-electron chi connectivity index (χ4n) is 2.44. The van der Waals surface area contributed by atoms with Crippen molar-refractivity contribution in [3.05, 3.63) is 52.0 Å². The predicted octanol–water partition coefficient (Wildman–Crippen LogP) is 4.28. The molecule has 2 aromatic rings. The van der Waals surface area contributed by atoms with Crippen LogP contribution in [0.4, 0.5) is 5.69 Å². The van der Waals surface area contributed by atoms with Crippen molar-refractivity contribution in [2.45, 2.75) is 27.2 Å². The van der Waals surface area contributed by atoms with Crippen molar-refractivity contribution in [1.82, 2.24) is 0 Å². The van der Waals surface area contributed by atoms with Crippen molar-refractivity contribution >= 4 is 33.5 Å². The van der Waals surface area contributed by atoms with E-state index in [0.29, 0.717) is 40.4 Å². The van der Waals surface area contributed by atoms with Crippen molar-refractivity contribution in [2.75, 3.05) is 25.1 Å². The Hall–Kier alpha value is -2.54. The standard InChI is InChI=1S/C21H24BrNO5/c1-4-26-18-10-15(17(22)12-19(18)27-5-2)11-21(25)28-13-20(24)23-16-8-6-14(3)7-9-16/h6-10,12H,4-5,11,13H2,1-3H3,(H,23,24). The molecule has 0 aliphatic heterocycles. The molecule has 0 fully saturated rings. The summed E-state index contributed by atoms with van der Waals surface area (Å²) in [6.07, 6.45) is 0.00484. The maximum absolute atomic E-state index is 12.2. The summed E-state index contributed by atoms with van der Waals surface area (Å²) in [4.78, 5) is 24.1. The Bertz CT molecular complexity index is 820. The molecule has 0 bridgehead atoms. The number of aryl methyl sites for hydroxylation is 1. The number of esters is 1. The molecule has 0 saturated heterocycles. The highest BCUT2D eigenvalue weighted by molar-refractivity contribution is 9.10. The van der Waals surface area contributed by atoms with Crippen LogP contribution in [0.15, 0.2) is 40.9 Å². The van der Waals surface area contributed by atoms with E-state index in [1.54, 1.807) is 24.3 Å². The first-order chi connectivity index (χ1) is 13.4. The van der Waals surface area contributed by atoms with E-state index in [2.05, 4.69) is 21.2 Å². The van der Waals surface area contributed by atoms with Gasteiger partial charge in [-0.15, -0.1) is 0 Å². The molecule has 6 nitrogen and oxygen atoms in total. The molecule has 0 radical (unpaired) electrons. The van der Waals surface area contributed by atoms with Crippen molar-refractivity contribution in [3.63, 3.8) is 0 Å². The number of carbonyl (C=O) groups excluding carboxylic acids is 2. The largest absolute Gasteiger partial charge is 0.490 e. The molecule has 1 N–H and O–H groups in total. The Labute approximate surface area is 173 Å². The van der Waals surface area contributed by atoms with Crippen LogP contribution in [0.25, 0.3) is 0 Å². The number of nitrogens with one attached hydrogen (secondary N) is 1. The molecule has 28 heavy (non-hydrogen) atoms. The number of anilines is 1. The molecule has 150 valence electrons. The topological polar surface area (TPSA) is 73.9 Å². The van der Waals surface area contributed by atoms with Gasteiger partial charge in [0.1, 0.15) is 0 Å². The first-order valence-electron chi connectivity index (χ1n) is 9.03. The fraction of sp³-hybridized carbons (Fsp3) is 0.333. The lowest BCUT2D eigenvalue weighted by Gasteiger charge is -2.14. The van der Waals surface area contributed by atoms with Gasteiger partial charge in [0.15, 0.2) is 18.1 Å². The van der Waals surface area contributed by atoms with Gasteiger partial charge in [0, 0.05) is 10.2 Å². The lowest BCUT2D eigenvalue weighted by atomic mass is 10.1. The number of hydrogen-bond donors (Lipinski definition) is 1. The summed E-state index contributed by atoms with van der Waals surface area (Å²) < 4.78 is 16.9. The van der Waals surface area contributed by atoms with Gasteiger partial charge in [0.25, 0.3) is 5.91 Å². The van der Waals surface area contributed by atoms with E-state index in [-0.39, 0.29) is 13.0 Å². The Morgan fingerprint density at radius 1 is 1.00 bits per heavy atom. The Morgan fingerprint density at radius 3 is 2.21 bits per heavy atom. The summed E-state index contributed by atoms with van der Waals surface area (Å²) in [6.45, 7) is 6.35. The van der Waals surface area contributed by atoms with Crippen LogP contribution in [0.2, 0.25) is 0 Å². The van der Waals surface area contributed by atoms with Crippen molar-refractivity contribution < 1.29 is 23.8 Å². The molecule has 2 rings (SSSR count). The number of benzene rings is 2. The maximum atomic E-state index is 12.2. The quantitative estimate of drug-likeness (QED) is 0.578. The summed E-state index contributed by atoms with van der Waals surface area (Å²) in [7, 11) is 0. The van der Waals surface area contributed by atoms with Gasteiger partial charge in [-0.1, -0.05) is 33.6 Å². The Kier molecular flexibility index (Phi) is 8.32. The van der Waals surface area contributed by atoms with E-state index in [0.717, 1.165) is 5.56 Å². The highest BCUT2D eigenvalue weighted by atomic mass is 79.9. The Morgan fingerprint density at radius 2 is 1.61 bits per heavy atom. The normalized spacial score (nSPS) is 10.3. The smallest absolute Gasteiger partial charge is 0.310 e. The molecule has 1 amide bonds. The van der Waals surface area contributed by atoms with E-state index in [1.807, 2.05) is 32.9 Å². The second-order valence-corrected chi connectivity index (χ2v) is 6.86. The van der Waals surface area contributed by atoms with Crippen molar-refractivity contribution in [2.24, 2.45) is 0 Å². The summed E-state index contributed by atoms with van der Waals surface area (Å²) in [5, 5.41) is 2.69. The molecule has 0 saturated carbocycles. The van der Waals surface area contributed by atoms with Gasteiger partial charge in [0.05, 0.1) is 19.6 Å². The highest BCUT2D eigenvalue weighted by Gasteiger charge is 2.15. The zero-order valence-electron chi connectivity index (χ0n) is 16.2. The third kappa shape index (κ3) is 6.56. The summed E-state index contributed by atoms with van der Waals surface area (Å²) >= 11 is 3.44. The molecule has 0 aliphatic rings. The van der Waals surface area contributed by atoms with Gasteiger partial charge in [-0.2, -0.15) is 0 Å². The third-order valence-corrected chi connectivity index (χ3v) is 4.49. The lowest BCUT2D eigenvalue weighted by Crippen LogP contribution is -2.21. The average Bonchev–Trinajstić information content (AvgIpc) is 2.66. The van der Waals surface area contributed by atoms with E-state index >= 15 is 0 Å². The highest BCUT2D eigenvalue weighted by Crippen LogP contribution is 2.34. The molecule has 0 aliphatic carbocycles. The van der Waals surface area contributed by atoms with E-state index in [1.165, 1.54) is 0 Å². The van der Waals surface area contributed by atoms with Gasteiger partial charge in [-0.25, -0.2) is 0 Å². The van der Waals surface area contributed by atoms with Gasteiger partial charge >= 0.3 is 5.97 Å². The molecule has 0 aromatic heterocycles. The van der Waals surface area contributed by atoms with Crippen LogP contribution in [0.1, 0.15) is 25.0 Å². The molecule has 7 heteroatoms. The van der Waals surface area contributed by atoms with Crippen LogP contribution in [-0.2, 0) is 20.7 Å². The molecule has 0 atom stereocenters. The van der Waals surface area contributed by atoms with E-state index < -0.39 is 11.9 Å². The van der Waals surface area contributed by atoms with Crippen molar-refractivity contribution in [3.8, 4) is 11.5 Å². The molecular formula is C21H24BrNO5. The number of carbonyl (C=O) groups is 2. The molecular weight excluding hydrogens is 426 g/mol. The molecule has 2 aromatic carbocycles. The predicted molar refractivity (Wildman–Crippen MR) is 111 cm³/mol.